The van der Waals surface area contributed by atoms with Crippen LogP contribution in [-0.2, 0) is 13.5 Å². The van der Waals surface area contributed by atoms with Gasteiger partial charge in [-0.15, -0.1) is 0 Å². The van der Waals surface area contributed by atoms with Crippen molar-refractivity contribution >= 4 is 0 Å². The number of hydrogen-bond acceptors (Lipinski definition) is 3. The molecule has 0 fully saturated rings. The minimum atomic E-state index is 0.721. The third-order valence-electron chi connectivity index (χ3n) is 3.61. The van der Waals surface area contributed by atoms with Gasteiger partial charge in [-0.2, -0.15) is 10.4 Å². The molecule has 21 heavy (non-hydrogen) atoms. The molecule has 1 heterocycles. The van der Waals surface area contributed by atoms with Crippen molar-refractivity contribution in [2.45, 2.75) is 19.8 Å². The second kappa shape index (κ2) is 7.05. The lowest BCUT2D eigenvalue weighted by Crippen LogP contribution is -2.21. The fourth-order valence-electron chi connectivity index (χ4n) is 2.46. The van der Waals surface area contributed by atoms with Crippen LogP contribution in [0.4, 0.5) is 0 Å². The largest absolute Gasteiger partial charge is 0.306 e. The summed E-state index contributed by atoms with van der Waals surface area (Å²) in [5, 5.41) is 13.6. The first-order valence-corrected chi connectivity index (χ1v) is 7.34. The molecule has 0 radical (unpaired) electrons. The van der Waals surface area contributed by atoms with E-state index in [0.29, 0.717) is 0 Å². The maximum Gasteiger partial charge on any atom is 0.0998 e. The van der Waals surface area contributed by atoms with E-state index in [1.807, 2.05) is 25.4 Å². The molecular formula is C17H22N4. The van der Waals surface area contributed by atoms with Crippen LogP contribution in [0.5, 0.6) is 0 Å². The standard InChI is InChI=1S/C17H22N4/c1-4-8-20(2)9-7-14-5-6-17(15(10-14)11-18)16-12-19-21(3)13-16/h5-6,10,12-13H,4,7-9H2,1-3H3. The molecule has 0 N–H and O–H groups in total. The van der Waals surface area contributed by atoms with Crippen LogP contribution in [0.25, 0.3) is 11.1 Å². The predicted molar refractivity (Wildman–Crippen MR) is 84.9 cm³/mol. The van der Waals surface area contributed by atoms with Gasteiger partial charge in [0.2, 0.25) is 0 Å². The molecule has 0 spiro atoms. The van der Waals surface area contributed by atoms with E-state index in [4.69, 9.17) is 0 Å². The van der Waals surface area contributed by atoms with Crippen LogP contribution >= 0.6 is 0 Å². The Labute approximate surface area is 126 Å². The fraction of sp³-hybridized carbons (Fsp3) is 0.412. The van der Waals surface area contributed by atoms with Crippen LogP contribution in [0.15, 0.2) is 30.6 Å². The monoisotopic (exact) mass is 282 g/mol. The summed E-state index contributed by atoms with van der Waals surface area (Å²) in [5.41, 5.74) is 3.88. The van der Waals surface area contributed by atoms with Gasteiger partial charge in [-0.3, -0.25) is 4.68 Å². The summed E-state index contributed by atoms with van der Waals surface area (Å²) in [6.45, 7) is 4.32. The van der Waals surface area contributed by atoms with Gasteiger partial charge in [0, 0.05) is 30.9 Å². The van der Waals surface area contributed by atoms with E-state index in [1.165, 1.54) is 12.0 Å². The van der Waals surface area contributed by atoms with Gasteiger partial charge < -0.3 is 4.90 Å². The number of nitrogens with zero attached hydrogens (tertiary/aromatic N) is 4. The number of aromatic nitrogens is 2. The fourth-order valence-corrected chi connectivity index (χ4v) is 2.46. The molecule has 0 aliphatic rings. The van der Waals surface area contributed by atoms with Crippen molar-refractivity contribution in [1.82, 2.24) is 14.7 Å². The quantitative estimate of drug-likeness (QED) is 0.818. The SMILES string of the molecule is CCCN(C)CCc1ccc(-c2cnn(C)c2)c(C#N)c1. The zero-order valence-corrected chi connectivity index (χ0v) is 13.0. The highest BCUT2D eigenvalue weighted by Crippen LogP contribution is 2.24. The summed E-state index contributed by atoms with van der Waals surface area (Å²) >= 11 is 0. The number of aryl methyl sites for hydroxylation is 1. The Kier molecular flexibility index (Phi) is 5.13. The predicted octanol–water partition coefficient (Wildman–Crippen LogP) is 2.84. The zero-order valence-electron chi connectivity index (χ0n) is 13.0. The van der Waals surface area contributed by atoms with Gasteiger partial charge in [0.1, 0.15) is 0 Å². The van der Waals surface area contributed by atoms with Crippen LogP contribution in [-0.4, -0.2) is 34.8 Å². The summed E-state index contributed by atoms with van der Waals surface area (Å²) < 4.78 is 1.75. The number of benzene rings is 1. The molecule has 0 amide bonds. The van der Waals surface area contributed by atoms with E-state index in [1.54, 1.807) is 10.9 Å². The van der Waals surface area contributed by atoms with Crippen molar-refractivity contribution in [2.24, 2.45) is 7.05 Å². The smallest absolute Gasteiger partial charge is 0.0998 e. The van der Waals surface area contributed by atoms with Crippen LogP contribution in [0.3, 0.4) is 0 Å². The highest BCUT2D eigenvalue weighted by Gasteiger charge is 2.08. The average molecular weight is 282 g/mol. The van der Waals surface area contributed by atoms with Gasteiger partial charge in [0.25, 0.3) is 0 Å². The molecule has 0 aliphatic carbocycles. The number of rotatable bonds is 6. The number of nitriles is 1. The first kappa shape index (κ1) is 15.3. The van der Waals surface area contributed by atoms with Crippen molar-refractivity contribution in [1.29, 1.82) is 5.26 Å². The first-order valence-electron chi connectivity index (χ1n) is 7.34. The highest BCUT2D eigenvalue weighted by atomic mass is 15.2. The molecule has 0 atom stereocenters. The van der Waals surface area contributed by atoms with Crippen LogP contribution in [0.1, 0.15) is 24.5 Å². The van der Waals surface area contributed by atoms with Gasteiger partial charge >= 0.3 is 0 Å². The average Bonchev–Trinajstić information content (AvgIpc) is 2.91. The minimum absolute atomic E-state index is 0.721. The third kappa shape index (κ3) is 3.93. The zero-order chi connectivity index (χ0) is 15.2. The lowest BCUT2D eigenvalue weighted by Gasteiger charge is -2.15. The lowest BCUT2D eigenvalue weighted by molar-refractivity contribution is 0.339. The summed E-state index contributed by atoms with van der Waals surface area (Å²) in [7, 11) is 4.02. The van der Waals surface area contributed by atoms with Crippen molar-refractivity contribution in [3.63, 3.8) is 0 Å². The molecule has 2 aromatic rings. The molecule has 0 saturated carbocycles. The van der Waals surface area contributed by atoms with E-state index in [2.05, 4.69) is 36.1 Å². The number of hydrogen-bond donors (Lipinski definition) is 0. The normalized spacial score (nSPS) is 10.8. The molecule has 4 heteroatoms. The van der Waals surface area contributed by atoms with E-state index >= 15 is 0 Å². The van der Waals surface area contributed by atoms with Gasteiger partial charge in [0.15, 0.2) is 0 Å². The Morgan fingerprint density at radius 3 is 2.76 bits per heavy atom. The van der Waals surface area contributed by atoms with E-state index in [9.17, 15) is 5.26 Å². The first-order chi connectivity index (χ1) is 10.1. The van der Waals surface area contributed by atoms with Crippen molar-refractivity contribution in [3.8, 4) is 17.2 Å². The highest BCUT2D eigenvalue weighted by molar-refractivity contribution is 5.69. The molecule has 2 rings (SSSR count). The summed E-state index contributed by atoms with van der Waals surface area (Å²) in [4.78, 5) is 2.32. The maximum absolute atomic E-state index is 9.39. The summed E-state index contributed by atoms with van der Waals surface area (Å²) in [6, 6.07) is 8.45. The van der Waals surface area contributed by atoms with Crippen LogP contribution in [0.2, 0.25) is 0 Å². The number of likely N-dealkylation sites (N-methyl/N-ethyl adjacent to an activating group) is 1. The van der Waals surface area contributed by atoms with E-state index < -0.39 is 0 Å². The molecule has 1 aromatic heterocycles. The Hall–Kier alpha value is -2.12. The Morgan fingerprint density at radius 1 is 1.33 bits per heavy atom. The van der Waals surface area contributed by atoms with Gasteiger partial charge in [0.05, 0.1) is 17.8 Å². The second-order valence-electron chi connectivity index (χ2n) is 5.45. The Morgan fingerprint density at radius 2 is 2.14 bits per heavy atom. The van der Waals surface area contributed by atoms with Crippen molar-refractivity contribution in [2.75, 3.05) is 20.1 Å². The van der Waals surface area contributed by atoms with E-state index in [0.717, 1.165) is 36.2 Å². The topological polar surface area (TPSA) is 44.9 Å². The molecule has 0 saturated heterocycles. The van der Waals surface area contributed by atoms with E-state index in [-0.39, 0.29) is 0 Å². The minimum Gasteiger partial charge on any atom is -0.306 e. The van der Waals surface area contributed by atoms with Gasteiger partial charge in [-0.25, -0.2) is 0 Å². The summed E-state index contributed by atoms with van der Waals surface area (Å²) in [5.74, 6) is 0. The van der Waals surface area contributed by atoms with Crippen molar-refractivity contribution < 1.29 is 0 Å². The Bertz CT molecular complexity index is 636. The molecule has 0 bridgehead atoms. The molecule has 0 aliphatic heterocycles. The molecule has 0 unspecified atom stereocenters. The maximum atomic E-state index is 9.39. The molecule has 4 nitrogen and oxygen atoms in total. The Balaban J connectivity index is 2.15. The summed E-state index contributed by atoms with van der Waals surface area (Å²) in [6.07, 6.45) is 5.87. The van der Waals surface area contributed by atoms with Crippen LogP contribution in [0, 0.1) is 11.3 Å². The van der Waals surface area contributed by atoms with Crippen molar-refractivity contribution in [3.05, 3.63) is 41.7 Å². The van der Waals surface area contributed by atoms with Gasteiger partial charge in [-0.1, -0.05) is 19.1 Å². The third-order valence-corrected chi connectivity index (χ3v) is 3.61. The molecule has 1 aromatic carbocycles. The van der Waals surface area contributed by atoms with Gasteiger partial charge in [-0.05, 0) is 38.1 Å². The lowest BCUT2D eigenvalue weighted by atomic mass is 9.99. The van der Waals surface area contributed by atoms with Crippen LogP contribution < -0.4 is 0 Å². The second-order valence-corrected chi connectivity index (χ2v) is 5.45. The molecular weight excluding hydrogens is 260 g/mol. The molecule has 110 valence electrons.